The molecule has 0 saturated heterocycles. The van der Waals surface area contributed by atoms with Crippen LogP contribution in [0.2, 0.25) is 0 Å². The Morgan fingerprint density at radius 1 is 0.974 bits per heavy atom. The zero-order chi connectivity index (χ0) is 28.5. The van der Waals surface area contributed by atoms with Gasteiger partial charge in [0.25, 0.3) is 5.91 Å². The number of amides is 1. The fourth-order valence-corrected chi connectivity index (χ4v) is 4.00. The van der Waals surface area contributed by atoms with Gasteiger partial charge in [0.15, 0.2) is 30.5 Å². The first kappa shape index (κ1) is 30.0. The van der Waals surface area contributed by atoms with Crippen LogP contribution in [0.3, 0.4) is 0 Å². The van der Waals surface area contributed by atoms with Crippen molar-refractivity contribution in [3.8, 4) is 11.5 Å². The van der Waals surface area contributed by atoms with E-state index < -0.39 is 43.1 Å². The Balaban J connectivity index is 0.000000638. The van der Waals surface area contributed by atoms with Gasteiger partial charge in [-0.05, 0) is 36.2 Å². The number of fused-ring (bicyclic) bond motifs is 1. The highest BCUT2D eigenvalue weighted by Gasteiger charge is 2.38. The molecule has 1 aliphatic heterocycles. The smallest absolute Gasteiger partial charge is 0.479 e. The van der Waals surface area contributed by atoms with Crippen molar-refractivity contribution in [3.05, 3.63) is 45.1 Å². The van der Waals surface area contributed by atoms with E-state index in [0.29, 0.717) is 11.4 Å². The number of carboxylic acid groups (broad SMARTS) is 3. The van der Waals surface area contributed by atoms with Gasteiger partial charge in [-0.25, -0.2) is 14.4 Å². The Morgan fingerprint density at radius 3 is 2.13 bits per heavy atom. The molecule has 2 heterocycles. The summed E-state index contributed by atoms with van der Waals surface area (Å²) in [6.45, 7) is -0.0465. The summed E-state index contributed by atoms with van der Waals surface area (Å²) >= 11 is 1.41. The van der Waals surface area contributed by atoms with E-state index in [2.05, 4.69) is 10.6 Å². The van der Waals surface area contributed by atoms with E-state index in [0.717, 1.165) is 23.4 Å². The second-order valence-electron chi connectivity index (χ2n) is 7.42. The molecular formula is C22H21F3N2O10S. The minimum atomic E-state index is -5.08. The number of aliphatic carboxylic acids is 3. The second kappa shape index (κ2) is 13.4. The summed E-state index contributed by atoms with van der Waals surface area (Å²) < 4.78 is 41.9. The Bertz CT molecular complexity index is 1190. The largest absolute Gasteiger partial charge is 0.490 e. The van der Waals surface area contributed by atoms with Crippen molar-refractivity contribution >= 4 is 40.9 Å². The number of halogens is 3. The highest BCUT2D eigenvalue weighted by molar-refractivity contribution is 7.14. The summed E-state index contributed by atoms with van der Waals surface area (Å²) in [5.41, 5.74) is 1.24. The van der Waals surface area contributed by atoms with Crippen molar-refractivity contribution in [3.63, 3.8) is 0 Å². The Kier molecular flexibility index (Phi) is 10.6. The summed E-state index contributed by atoms with van der Waals surface area (Å²) in [7, 11) is 0. The van der Waals surface area contributed by atoms with Gasteiger partial charge in [-0.15, -0.1) is 11.3 Å². The van der Waals surface area contributed by atoms with Crippen LogP contribution in [-0.2, 0) is 27.3 Å². The number of hydrogen-bond donors (Lipinski definition) is 5. The number of nitrogens with one attached hydrogen (secondary N) is 2. The molecule has 0 radical (unpaired) electrons. The molecule has 206 valence electrons. The van der Waals surface area contributed by atoms with Gasteiger partial charge in [0.1, 0.15) is 0 Å². The lowest BCUT2D eigenvalue weighted by atomic mass is 10.1. The standard InChI is InChI=1S/C20H20N2O8S.C2HF3O2/c23-13(8-22-20(28)17-6-12-7-21-4-3-16(12)31-17)11-1-2-14(29-9-18(24)25)15(5-11)30-10-19(26)27;3-2(4,5)1(6)7/h1-2,5-6,21H,3-4,7-10H2,(H,22,28)(H,24,25)(H,26,27);(H,6,7). The Morgan fingerprint density at radius 2 is 1.58 bits per heavy atom. The van der Waals surface area contributed by atoms with Gasteiger partial charge in [-0.1, -0.05) is 0 Å². The van der Waals surface area contributed by atoms with Crippen LogP contribution in [-0.4, -0.2) is 77.4 Å². The van der Waals surface area contributed by atoms with Crippen LogP contribution < -0.4 is 20.1 Å². The molecule has 12 nitrogen and oxygen atoms in total. The second-order valence-corrected chi connectivity index (χ2v) is 8.56. The Hall–Kier alpha value is -4.18. The zero-order valence-electron chi connectivity index (χ0n) is 19.3. The fraction of sp³-hybridized carbons (Fsp3) is 0.318. The van der Waals surface area contributed by atoms with Gasteiger partial charge in [-0.2, -0.15) is 13.2 Å². The lowest BCUT2D eigenvalue weighted by Crippen LogP contribution is -2.29. The molecule has 16 heteroatoms. The molecule has 1 amide bonds. The van der Waals surface area contributed by atoms with Gasteiger partial charge in [0.05, 0.1) is 11.4 Å². The average Bonchev–Trinajstić information content (AvgIpc) is 3.29. The number of carboxylic acids is 3. The first-order valence-electron chi connectivity index (χ1n) is 10.5. The number of rotatable bonds is 10. The van der Waals surface area contributed by atoms with Crippen molar-refractivity contribution in [2.24, 2.45) is 0 Å². The topological polar surface area (TPSA) is 189 Å². The van der Waals surface area contributed by atoms with Crippen molar-refractivity contribution in [1.29, 1.82) is 0 Å². The maximum atomic E-state index is 12.5. The van der Waals surface area contributed by atoms with Gasteiger partial charge >= 0.3 is 24.1 Å². The maximum absolute atomic E-state index is 12.5. The third-order valence-electron chi connectivity index (χ3n) is 4.58. The third-order valence-corrected chi connectivity index (χ3v) is 5.82. The average molecular weight is 562 g/mol. The van der Waals surface area contributed by atoms with Crippen LogP contribution in [0.4, 0.5) is 13.2 Å². The lowest BCUT2D eigenvalue weighted by Gasteiger charge is -2.12. The normalized spacial score (nSPS) is 12.3. The van der Waals surface area contributed by atoms with Gasteiger partial charge < -0.3 is 35.4 Å². The predicted molar refractivity (Wildman–Crippen MR) is 123 cm³/mol. The number of ether oxygens (including phenoxy) is 2. The van der Waals surface area contributed by atoms with Crippen LogP contribution in [0.25, 0.3) is 0 Å². The first-order valence-corrected chi connectivity index (χ1v) is 11.4. The number of thiophene rings is 1. The molecule has 0 spiro atoms. The maximum Gasteiger partial charge on any atom is 0.490 e. The molecule has 1 aromatic heterocycles. The highest BCUT2D eigenvalue weighted by atomic mass is 32.1. The quantitative estimate of drug-likeness (QED) is 0.264. The number of hydrogen-bond acceptors (Lipinski definition) is 9. The van der Waals surface area contributed by atoms with E-state index in [1.54, 1.807) is 0 Å². The monoisotopic (exact) mass is 562 g/mol. The zero-order valence-corrected chi connectivity index (χ0v) is 20.1. The van der Waals surface area contributed by atoms with E-state index in [4.69, 9.17) is 29.6 Å². The summed E-state index contributed by atoms with van der Waals surface area (Å²) in [5, 5.41) is 30.5. The summed E-state index contributed by atoms with van der Waals surface area (Å²) in [6, 6.07) is 5.77. The lowest BCUT2D eigenvalue weighted by molar-refractivity contribution is -0.192. The number of benzene rings is 1. The van der Waals surface area contributed by atoms with E-state index in [9.17, 15) is 32.3 Å². The highest BCUT2D eigenvalue weighted by Crippen LogP contribution is 2.29. The number of carbonyl (C=O) groups excluding carboxylic acids is 2. The van der Waals surface area contributed by atoms with Crippen LogP contribution >= 0.6 is 11.3 Å². The molecule has 0 saturated carbocycles. The minimum absolute atomic E-state index is 0.0120. The summed E-state index contributed by atoms with van der Waals surface area (Å²) in [5.74, 6) is -6.10. The fourth-order valence-electron chi connectivity index (χ4n) is 2.91. The molecule has 1 aromatic carbocycles. The van der Waals surface area contributed by atoms with Crippen LogP contribution in [0, 0.1) is 0 Å². The number of carbonyl (C=O) groups is 5. The van der Waals surface area contributed by atoms with Crippen LogP contribution in [0.15, 0.2) is 24.3 Å². The van der Waals surface area contributed by atoms with Gasteiger partial charge in [0, 0.05) is 23.5 Å². The minimum Gasteiger partial charge on any atom is -0.479 e. The van der Waals surface area contributed by atoms with Gasteiger partial charge in [-0.3, -0.25) is 9.59 Å². The van der Waals surface area contributed by atoms with Crippen molar-refractivity contribution in [2.75, 3.05) is 26.3 Å². The summed E-state index contributed by atoms with van der Waals surface area (Å²) in [4.78, 5) is 57.0. The van der Waals surface area contributed by atoms with Crippen molar-refractivity contribution in [2.45, 2.75) is 19.1 Å². The van der Waals surface area contributed by atoms with E-state index in [-0.39, 0.29) is 29.5 Å². The Labute approximate surface area is 216 Å². The molecule has 5 N–H and O–H groups in total. The van der Waals surface area contributed by atoms with Crippen LogP contribution in [0.1, 0.15) is 30.5 Å². The molecule has 1 aliphatic rings. The van der Waals surface area contributed by atoms with Gasteiger partial charge in [0.2, 0.25) is 0 Å². The molecule has 38 heavy (non-hydrogen) atoms. The molecular weight excluding hydrogens is 541 g/mol. The predicted octanol–water partition coefficient (Wildman–Crippen LogP) is 1.57. The molecule has 3 rings (SSSR count). The molecule has 0 bridgehead atoms. The number of alkyl halides is 3. The van der Waals surface area contributed by atoms with Crippen LogP contribution in [0.5, 0.6) is 11.5 Å². The first-order chi connectivity index (χ1) is 17.8. The third kappa shape index (κ3) is 9.36. The number of Topliss-reactive ketones (excluding diaryl/α,β-unsaturated/α-hetero) is 1. The molecule has 0 unspecified atom stereocenters. The van der Waals surface area contributed by atoms with E-state index in [1.807, 2.05) is 6.07 Å². The SMILES string of the molecule is O=C(O)C(F)(F)F.O=C(O)COc1ccc(C(=O)CNC(=O)c2cc3c(s2)CCNC3)cc1OCC(=O)O. The molecule has 0 fully saturated rings. The molecule has 0 aliphatic carbocycles. The number of ketones is 1. The van der Waals surface area contributed by atoms with E-state index >= 15 is 0 Å². The molecule has 0 atom stereocenters. The summed E-state index contributed by atoms with van der Waals surface area (Å²) in [6.07, 6.45) is -4.22. The molecule has 2 aromatic rings. The van der Waals surface area contributed by atoms with Crippen molar-refractivity contribution in [1.82, 2.24) is 10.6 Å². The van der Waals surface area contributed by atoms with Crippen molar-refractivity contribution < 1.29 is 61.9 Å². The van der Waals surface area contributed by atoms with E-state index in [1.165, 1.54) is 29.5 Å².